The van der Waals surface area contributed by atoms with Gasteiger partial charge in [0.05, 0.1) is 18.4 Å². The van der Waals surface area contributed by atoms with Crippen molar-refractivity contribution in [3.05, 3.63) is 29.8 Å². The number of ether oxygens (including phenoxy) is 1. The van der Waals surface area contributed by atoms with Crippen LogP contribution in [0.5, 0.6) is 0 Å². The number of carbonyl (C=O) groups excluding carboxylic acids is 1. The number of carboxylic acid groups (broad SMARTS) is 1. The lowest BCUT2D eigenvalue weighted by molar-refractivity contribution is -0.144. The van der Waals surface area contributed by atoms with E-state index in [1.165, 1.54) is 12.3 Å². The fraction of sp³-hybridized carbons (Fsp3) is 0.364. The fourth-order valence-electron chi connectivity index (χ4n) is 1.73. The van der Waals surface area contributed by atoms with Crippen LogP contribution in [-0.2, 0) is 9.53 Å². The first-order valence-electron chi connectivity index (χ1n) is 5.28. The van der Waals surface area contributed by atoms with Gasteiger partial charge in [0.2, 0.25) is 0 Å². The van der Waals surface area contributed by atoms with Gasteiger partial charge in [-0.25, -0.2) is 9.18 Å². The first-order valence-corrected chi connectivity index (χ1v) is 5.28. The number of rotatable bonds is 3. The number of nitrogens with zero attached hydrogens (tertiary/aromatic N) is 1. The molecule has 1 aromatic heterocycles. The molecule has 18 heavy (non-hydrogen) atoms. The Bertz CT molecular complexity index is 486. The normalized spacial score (nSPS) is 22.7. The van der Waals surface area contributed by atoms with Gasteiger partial charge in [-0.05, 0) is 6.07 Å². The molecule has 1 aliphatic heterocycles. The molecule has 1 atom stereocenters. The summed E-state index contributed by atoms with van der Waals surface area (Å²) in [5, 5.41) is 11.4. The number of amides is 1. The number of aliphatic carboxylic acids is 1. The molecule has 96 valence electrons. The molecule has 0 spiro atoms. The van der Waals surface area contributed by atoms with Crippen LogP contribution < -0.4 is 5.32 Å². The van der Waals surface area contributed by atoms with E-state index < -0.39 is 23.2 Å². The van der Waals surface area contributed by atoms with E-state index in [4.69, 9.17) is 9.84 Å². The second kappa shape index (κ2) is 4.69. The average Bonchev–Trinajstić information content (AvgIpc) is 2.79. The van der Waals surface area contributed by atoms with Crippen LogP contribution in [0, 0.1) is 5.82 Å². The summed E-state index contributed by atoms with van der Waals surface area (Å²) in [5.41, 5.74) is -1.72. The molecule has 2 N–H and O–H groups in total. The molecule has 0 saturated carbocycles. The molecule has 1 aromatic rings. The monoisotopic (exact) mass is 254 g/mol. The van der Waals surface area contributed by atoms with Crippen molar-refractivity contribution in [1.82, 2.24) is 10.3 Å². The molecule has 2 rings (SSSR count). The van der Waals surface area contributed by atoms with E-state index >= 15 is 0 Å². The largest absolute Gasteiger partial charge is 0.479 e. The van der Waals surface area contributed by atoms with Gasteiger partial charge in [-0.1, -0.05) is 0 Å². The van der Waals surface area contributed by atoms with Gasteiger partial charge < -0.3 is 15.2 Å². The minimum atomic E-state index is -1.48. The van der Waals surface area contributed by atoms with Crippen LogP contribution in [-0.4, -0.2) is 40.7 Å². The Morgan fingerprint density at radius 3 is 2.89 bits per heavy atom. The highest BCUT2D eigenvalue weighted by Gasteiger charge is 2.44. The lowest BCUT2D eigenvalue weighted by Gasteiger charge is -2.23. The first kappa shape index (κ1) is 12.4. The van der Waals surface area contributed by atoms with E-state index in [1.54, 1.807) is 0 Å². The number of hydrogen-bond acceptors (Lipinski definition) is 4. The Morgan fingerprint density at radius 1 is 1.56 bits per heavy atom. The molecule has 1 unspecified atom stereocenters. The quantitative estimate of drug-likeness (QED) is 0.804. The molecule has 1 aliphatic rings. The van der Waals surface area contributed by atoms with Crippen molar-refractivity contribution >= 4 is 11.9 Å². The van der Waals surface area contributed by atoms with Crippen LogP contribution >= 0.6 is 0 Å². The minimum absolute atomic E-state index is 0.124. The number of carboxylic acids is 1. The van der Waals surface area contributed by atoms with E-state index in [2.05, 4.69) is 10.3 Å². The molecule has 0 bridgehead atoms. The summed E-state index contributed by atoms with van der Waals surface area (Å²) >= 11 is 0. The summed E-state index contributed by atoms with van der Waals surface area (Å²) in [7, 11) is 0. The summed E-state index contributed by atoms with van der Waals surface area (Å²) in [5.74, 6) is -2.78. The van der Waals surface area contributed by atoms with Crippen molar-refractivity contribution in [2.45, 2.75) is 12.0 Å². The number of carbonyl (C=O) groups is 2. The number of hydrogen-bond donors (Lipinski definition) is 2. The zero-order valence-electron chi connectivity index (χ0n) is 9.35. The molecule has 0 aromatic carbocycles. The molecule has 1 fully saturated rings. The van der Waals surface area contributed by atoms with E-state index in [9.17, 15) is 14.0 Å². The van der Waals surface area contributed by atoms with Gasteiger partial charge in [-0.2, -0.15) is 0 Å². The maximum atomic E-state index is 13.3. The van der Waals surface area contributed by atoms with Gasteiger partial charge in [-0.3, -0.25) is 9.78 Å². The summed E-state index contributed by atoms with van der Waals surface area (Å²) in [6.45, 7) is 0.117. The average molecular weight is 254 g/mol. The fourth-order valence-corrected chi connectivity index (χ4v) is 1.73. The maximum absolute atomic E-state index is 13.3. The van der Waals surface area contributed by atoms with E-state index in [-0.39, 0.29) is 25.2 Å². The van der Waals surface area contributed by atoms with Crippen LogP contribution in [0.2, 0.25) is 0 Å². The third-order valence-electron chi connectivity index (χ3n) is 2.80. The minimum Gasteiger partial charge on any atom is -0.479 e. The Balaban J connectivity index is 2.21. The van der Waals surface area contributed by atoms with Gasteiger partial charge in [0, 0.05) is 19.2 Å². The third kappa shape index (κ3) is 2.17. The number of pyridine rings is 1. The Morgan fingerprint density at radius 2 is 2.33 bits per heavy atom. The molecule has 7 heteroatoms. The van der Waals surface area contributed by atoms with Gasteiger partial charge in [0.15, 0.2) is 11.4 Å². The van der Waals surface area contributed by atoms with E-state index in [0.717, 1.165) is 6.20 Å². The lowest BCUT2D eigenvalue weighted by atomic mass is 9.98. The Labute approximate surface area is 102 Å². The Kier molecular flexibility index (Phi) is 3.24. The second-order valence-electron chi connectivity index (χ2n) is 4.00. The second-order valence-corrected chi connectivity index (χ2v) is 4.00. The number of halogens is 1. The molecule has 0 radical (unpaired) electrons. The highest BCUT2D eigenvalue weighted by atomic mass is 19.1. The van der Waals surface area contributed by atoms with Crippen LogP contribution in [0.25, 0.3) is 0 Å². The molecular weight excluding hydrogens is 243 g/mol. The van der Waals surface area contributed by atoms with Crippen LogP contribution in [0.3, 0.4) is 0 Å². The summed E-state index contributed by atoms with van der Waals surface area (Å²) in [6.07, 6.45) is 2.31. The van der Waals surface area contributed by atoms with Crippen molar-refractivity contribution in [3.63, 3.8) is 0 Å². The predicted molar refractivity (Wildman–Crippen MR) is 57.5 cm³/mol. The predicted octanol–water partition coefficient (Wildman–Crippen LogP) is 0.194. The van der Waals surface area contributed by atoms with Crippen LogP contribution in [0.15, 0.2) is 18.5 Å². The maximum Gasteiger partial charge on any atom is 0.331 e. The molecule has 2 heterocycles. The Hall–Kier alpha value is -2.02. The van der Waals surface area contributed by atoms with Crippen molar-refractivity contribution in [1.29, 1.82) is 0 Å². The summed E-state index contributed by atoms with van der Waals surface area (Å²) in [4.78, 5) is 26.5. The van der Waals surface area contributed by atoms with Crippen molar-refractivity contribution in [2.24, 2.45) is 0 Å². The van der Waals surface area contributed by atoms with Crippen molar-refractivity contribution < 1.29 is 23.8 Å². The zero-order chi connectivity index (χ0) is 13.2. The van der Waals surface area contributed by atoms with Gasteiger partial charge in [0.1, 0.15) is 0 Å². The van der Waals surface area contributed by atoms with Gasteiger partial charge in [-0.15, -0.1) is 0 Å². The zero-order valence-corrected chi connectivity index (χ0v) is 9.35. The number of nitrogens with one attached hydrogen (secondary N) is 1. The van der Waals surface area contributed by atoms with Crippen LogP contribution in [0.4, 0.5) is 4.39 Å². The van der Waals surface area contributed by atoms with Gasteiger partial charge >= 0.3 is 5.97 Å². The van der Waals surface area contributed by atoms with E-state index in [0.29, 0.717) is 0 Å². The molecule has 1 saturated heterocycles. The summed E-state index contributed by atoms with van der Waals surface area (Å²) < 4.78 is 18.3. The number of aromatic nitrogens is 1. The van der Waals surface area contributed by atoms with Crippen molar-refractivity contribution in [2.75, 3.05) is 13.2 Å². The topological polar surface area (TPSA) is 88.5 Å². The molecule has 6 nitrogen and oxygen atoms in total. The smallest absolute Gasteiger partial charge is 0.331 e. The lowest BCUT2D eigenvalue weighted by Crippen LogP contribution is -2.55. The highest BCUT2D eigenvalue weighted by Crippen LogP contribution is 2.20. The molecular formula is C11H11FN2O4. The van der Waals surface area contributed by atoms with Gasteiger partial charge in [0.25, 0.3) is 5.91 Å². The van der Waals surface area contributed by atoms with Crippen LogP contribution in [0.1, 0.15) is 16.8 Å². The van der Waals surface area contributed by atoms with E-state index in [1.807, 2.05) is 0 Å². The summed E-state index contributed by atoms with van der Waals surface area (Å²) in [6, 6.07) is 1.19. The molecule has 1 amide bonds. The third-order valence-corrected chi connectivity index (χ3v) is 2.80. The standard InChI is InChI=1S/C11H11FN2O4/c12-8-5-13-3-1-7(8)9(15)14-11(10(16)17)2-4-18-6-11/h1,3,5H,2,4,6H2,(H,14,15)(H,16,17). The highest BCUT2D eigenvalue weighted by molar-refractivity contribution is 5.98. The first-order chi connectivity index (χ1) is 8.55. The SMILES string of the molecule is O=C(NC1(C(=O)O)CCOC1)c1ccncc1F. The van der Waals surface area contributed by atoms with Crippen molar-refractivity contribution in [3.8, 4) is 0 Å². The molecule has 0 aliphatic carbocycles.